The smallest absolute Gasteiger partial charge is 0.273 e. The molecule has 0 saturated carbocycles. The molecule has 0 aliphatic heterocycles. The lowest BCUT2D eigenvalue weighted by atomic mass is 10.1. The Morgan fingerprint density at radius 2 is 1.68 bits per heavy atom. The van der Waals surface area contributed by atoms with Gasteiger partial charge in [0, 0.05) is 19.1 Å². The van der Waals surface area contributed by atoms with Crippen LogP contribution in [-0.4, -0.2) is 22.3 Å². The number of nitrogens with zero attached hydrogens (tertiary/aromatic N) is 2. The lowest BCUT2D eigenvalue weighted by Gasteiger charge is -2.28. The molecule has 34 heavy (non-hydrogen) atoms. The average molecular weight is 456 g/mol. The van der Waals surface area contributed by atoms with Crippen molar-refractivity contribution in [3.8, 4) is 11.5 Å². The summed E-state index contributed by atoms with van der Waals surface area (Å²) in [7, 11) is 0. The molecule has 0 radical (unpaired) electrons. The second-order valence-electron chi connectivity index (χ2n) is 8.04. The van der Waals surface area contributed by atoms with Gasteiger partial charge in [0.1, 0.15) is 17.8 Å². The maximum Gasteiger partial charge on any atom is 0.273 e. The summed E-state index contributed by atoms with van der Waals surface area (Å²) in [6.45, 7) is 5.69. The molecule has 0 bridgehead atoms. The minimum atomic E-state index is -0.231. The lowest BCUT2D eigenvalue weighted by Crippen LogP contribution is -2.27. The lowest BCUT2D eigenvalue weighted by molar-refractivity contribution is 0.0950. The van der Waals surface area contributed by atoms with Crippen LogP contribution in [0.1, 0.15) is 47.4 Å². The summed E-state index contributed by atoms with van der Waals surface area (Å²) in [5.41, 5.74) is 2.59. The van der Waals surface area contributed by atoms with E-state index in [4.69, 9.17) is 9.15 Å². The van der Waals surface area contributed by atoms with Crippen LogP contribution in [0.2, 0.25) is 0 Å². The number of carbonyl (C=O) groups is 1. The van der Waals surface area contributed by atoms with Crippen molar-refractivity contribution in [3.05, 3.63) is 114 Å². The van der Waals surface area contributed by atoms with E-state index in [2.05, 4.69) is 40.3 Å². The molecule has 0 spiro atoms. The molecule has 1 aromatic heterocycles. The zero-order valence-electron chi connectivity index (χ0n) is 19.5. The monoisotopic (exact) mass is 455 g/mol. The number of oxazole rings is 1. The molecule has 0 aliphatic carbocycles. The van der Waals surface area contributed by atoms with Crippen molar-refractivity contribution in [3.63, 3.8) is 0 Å². The molecule has 0 saturated heterocycles. The van der Waals surface area contributed by atoms with Crippen molar-refractivity contribution < 1.29 is 13.9 Å². The van der Waals surface area contributed by atoms with Gasteiger partial charge in [0.2, 0.25) is 5.89 Å². The highest BCUT2D eigenvalue weighted by Gasteiger charge is 2.20. The van der Waals surface area contributed by atoms with Crippen molar-refractivity contribution in [1.29, 1.82) is 0 Å². The van der Waals surface area contributed by atoms with E-state index in [1.165, 1.54) is 11.8 Å². The first-order valence-corrected chi connectivity index (χ1v) is 11.5. The van der Waals surface area contributed by atoms with E-state index < -0.39 is 0 Å². The fraction of sp³-hybridized carbons (Fsp3) is 0.214. The maximum atomic E-state index is 12.1. The second kappa shape index (κ2) is 11.3. The fourth-order valence-electron chi connectivity index (χ4n) is 3.75. The van der Waals surface area contributed by atoms with E-state index >= 15 is 0 Å². The van der Waals surface area contributed by atoms with Crippen molar-refractivity contribution in [2.45, 2.75) is 33.0 Å². The number of benzene rings is 3. The molecule has 6 nitrogen and oxygen atoms in total. The van der Waals surface area contributed by atoms with Gasteiger partial charge in [0.15, 0.2) is 5.69 Å². The first-order valence-electron chi connectivity index (χ1n) is 11.5. The van der Waals surface area contributed by atoms with Crippen LogP contribution in [0.25, 0.3) is 0 Å². The molecule has 174 valence electrons. The molecule has 1 atom stereocenters. The predicted molar refractivity (Wildman–Crippen MR) is 132 cm³/mol. The number of ether oxygens (including phenoxy) is 1. The van der Waals surface area contributed by atoms with Gasteiger partial charge in [-0.05, 0) is 49.2 Å². The zero-order chi connectivity index (χ0) is 23.8. The number of amides is 1. The normalized spacial score (nSPS) is 11.9. The summed E-state index contributed by atoms with van der Waals surface area (Å²) in [4.78, 5) is 18.8. The zero-order valence-corrected chi connectivity index (χ0v) is 19.5. The van der Waals surface area contributed by atoms with Crippen LogP contribution in [-0.2, 0) is 13.1 Å². The van der Waals surface area contributed by atoms with Gasteiger partial charge in [-0.25, -0.2) is 4.98 Å². The van der Waals surface area contributed by atoms with Crippen LogP contribution in [0.5, 0.6) is 11.5 Å². The molecule has 4 rings (SSSR count). The minimum Gasteiger partial charge on any atom is -0.457 e. The van der Waals surface area contributed by atoms with Gasteiger partial charge in [-0.15, -0.1) is 0 Å². The van der Waals surface area contributed by atoms with Crippen molar-refractivity contribution in [2.75, 3.05) is 6.54 Å². The quantitative estimate of drug-likeness (QED) is 0.319. The second-order valence-corrected chi connectivity index (χ2v) is 8.04. The topological polar surface area (TPSA) is 67.6 Å². The van der Waals surface area contributed by atoms with Gasteiger partial charge in [-0.3, -0.25) is 9.69 Å². The third kappa shape index (κ3) is 6.11. The van der Waals surface area contributed by atoms with Crippen LogP contribution in [0.15, 0.2) is 95.6 Å². The number of para-hydroxylation sites is 1. The van der Waals surface area contributed by atoms with Crippen LogP contribution < -0.4 is 10.1 Å². The van der Waals surface area contributed by atoms with Gasteiger partial charge < -0.3 is 14.5 Å². The van der Waals surface area contributed by atoms with E-state index in [0.717, 1.165) is 17.1 Å². The minimum absolute atomic E-state index is 0.0970. The number of hydrogen-bond donors (Lipinski definition) is 1. The Bertz CT molecular complexity index is 1190. The third-order valence-electron chi connectivity index (χ3n) is 5.55. The highest BCUT2D eigenvalue weighted by atomic mass is 16.5. The summed E-state index contributed by atoms with van der Waals surface area (Å²) < 4.78 is 11.7. The Balaban J connectivity index is 1.55. The van der Waals surface area contributed by atoms with E-state index in [0.29, 0.717) is 31.2 Å². The van der Waals surface area contributed by atoms with Crippen molar-refractivity contribution >= 4 is 5.91 Å². The number of aromatic nitrogens is 1. The molecule has 0 unspecified atom stereocenters. The van der Waals surface area contributed by atoms with Crippen molar-refractivity contribution in [2.24, 2.45) is 0 Å². The Morgan fingerprint density at radius 3 is 2.41 bits per heavy atom. The van der Waals surface area contributed by atoms with Gasteiger partial charge in [0.05, 0.1) is 6.54 Å². The van der Waals surface area contributed by atoms with Crippen molar-refractivity contribution in [1.82, 2.24) is 15.2 Å². The van der Waals surface area contributed by atoms with Gasteiger partial charge in [0.25, 0.3) is 5.91 Å². The molecule has 6 heteroatoms. The molecule has 1 amide bonds. The summed E-state index contributed by atoms with van der Waals surface area (Å²) >= 11 is 0. The van der Waals surface area contributed by atoms with Crippen LogP contribution in [0, 0.1) is 0 Å². The largest absolute Gasteiger partial charge is 0.457 e. The fourth-order valence-corrected chi connectivity index (χ4v) is 3.75. The molecular formula is C28H29N3O3. The molecule has 1 heterocycles. The Morgan fingerprint density at radius 1 is 0.971 bits per heavy atom. The highest BCUT2D eigenvalue weighted by Crippen LogP contribution is 2.27. The average Bonchev–Trinajstić information content (AvgIpc) is 3.34. The van der Waals surface area contributed by atoms with Crippen LogP contribution >= 0.6 is 0 Å². The number of nitrogens with one attached hydrogen (secondary N) is 1. The van der Waals surface area contributed by atoms with E-state index in [9.17, 15) is 4.79 Å². The Kier molecular flexibility index (Phi) is 7.73. The molecule has 0 fully saturated rings. The molecule has 4 aromatic rings. The molecular weight excluding hydrogens is 426 g/mol. The maximum absolute atomic E-state index is 12.1. The number of hydrogen-bond acceptors (Lipinski definition) is 5. The first kappa shape index (κ1) is 23.3. The van der Waals surface area contributed by atoms with E-state index in [1.54, 1.807) is 0 Å². The molecule has 1 N–H and O–H groups in total. The Labute approximate surface area is 200 Å². The standard InChI is InChI=1S/C28H29N3O3/c1-3-29-28(32)26-20-33-27(30-26)19-31(21(2)23-12-6-4-7-13-23)18-22-11-10-16-25(17-22)34-24-14-8-5-9-15-24/h4-17,20-21H,3,18-19H2,1-2H3,(H,29,32)/t21-/m1/s1. The summed E-state index contributed by atoms with van der Waals surface area (Å²) in [5, 5.41) is 2.75. The summed E-state index contributed by atoms with van der Waals surface area (Å²) in [6, 6.07) is 28.2. The first-order chi connectivity index (χ1) is 16.6. The molecule has 0 aliphatic rings. The highest BCUT2D eigenvalue weighted by molar-refractivity contribution is 5.91. The van der Waals surface area contributed by atoms with Crippen LogP contribution in [0.3, 0.4) is 0 Å². The SMILES string of the molecule is CCNC(=O)c1coc(CN(Cc2cccc(Oc3ccccc3)c2)[C@H](C)c2ccccc2)n1. The predicted octanol–water partition coefficient (Wildman–Crippen LogP) is 5.98. The summed E-state index contributed by atoms with van der Waals surface area (Å²) in [6.07, 6.45) is 1.42. The summed E-state index contributed by atoms with van der Waals surface area (Å²) in [5.74, 6) is 1.85. The Hall–Kier alpha value is -3.90. The number of carbonyl (C=O) groups excluding carboxylic acids is 1. The van der Waals surface area contributed by atoms with Crippen LogP contribution in [0.4, 0.5) is 0 Å². The third-order valence-corrected chi connectivity index (χ3v) is 5.55. The van der Waals surface area contributed by atoms with E-state index in [-0.39, 0.29) is 11.9 Å². The van der Waals surface area contributed by atoms with Gasteiger partial charge in [-0.2, -0.15) is 0 Å². The van der Waals surface area contributed by atoms with Gasteiger partial charge >= 0.3 is 0 Å². The van der Waals surface area contributed by atoms with E-state index in [1.807, 2.05) is 73.7 Å². The van der Waals surface area contributed by atoms with Gasteiger partial charge in [-0.1, -0.05) is 60.7 Å². The number of rotatable bonds is 10. The molecule has 3 aromatic carbocycles.